The van der Waals surface area contributed by atoms with Gasteiger partial charge in [0.15, 0.2) is 5.11 Å². The summed E-state index contributed by atoms with van der Waals surface area (Å²) in [5, 5.41) is 2.73. The minimum absolute atomic E-state index is 0.0391. The van der Waals surface area contributed by atoms with Crippen LogP contribution in [0.3, 0.4) is 0 Å². The van der Waals surface area contributed by atoms with Gasteiger partial charge in [-0.1, -0.05) is 26.0 Å². The van der Waals surface area contributed by atoms with E-state index >= 15 is 0 Å². The number of para-hydroxylation sites is 1. The number of nitrogens with two attached hydrogens (primary N) is 1. The number of anilines is 1. The van der Waals surface area contributed by atoms with Gasteiger partial charge in [-0.05, 0) is 24.4 Å². The van der Waals surface area contributed by atoms with Crippen LogP contribution in [-0.4, -0.2) is 30.9 Å². The predicted molar refractivity (Wildman–Crippen MR) is 77.0 cm³/mol. The van der Waals surface area contributed by atoms with E-state index in [1.807, 2.05) is 0 Å². The summed E-state index contributed by atoms with van der Waals surface area (Å²) >= 11 is 4.74. The highest BCUT2D eigenvalue weighted by atomic mass is 32.2. The van der Waals surface area contributed by atoms with Crippen LogP contribution < -0.4 is 11.1 Å². The Morgan fingerprint density at radius 3 is 2.39 bits per heavy atom. The van der Waals surface area contributed by atoms with Crippen molar-refractivity contribution < 1.29 is 8.42 Å². The van der Waals surface area contributed by atoms with Gasteiger partial charge >= 0.3 is 0 Å². The first-order valence-corrected chi connectivity index (χ1v) is 7.44. The van der Waals surface area contributed by atoms with Crippen molar-refractivity contribution in [3.63, 3.8) is 0 Å². The van der Waals surface area contributed by atoms with E-state index in [1.54, 1.807) is 32.0 Å². The molecule has 0 heterocycles. The number of sulfonamides is 1. The third kappa shape index (κ3) is 3.18. The lowest BCUT2D eigenvalue weighted by molar-refractivity contribution is 0.445. The van der Waals surface area contributed by atoms with Crippen molar-refractivity contribution >= 4 is 33.0 Å². The molecule has 100 valence electrons. The van der Waals surface area contributed by atoms with Gasteiger partial charge in [0.05, 0.1) is 5.69 Å². The summed E-state index contributed by atoms with van der Waals surface area (Å²) in [6.07, 6.45) is 0. The summed E-state index contributed by atoms with van der Waals surface area (Å²) in [7, 11) is -3.52. The zero-order valence-corrected chi connectivity index (χ0v) is 12.0. The molecule has 1 aromatic carbocycles. The molecule has 0 saturated carbocycles. The van der Waals surface area contributed by atoms with Gasteiger partial charge in [-0.15, -0.1) is 0 Å². The minimum Gasteiger partial charge on any atom is -0.376 e. The van der Waals surface area contributed by atoms with E-state index in [4.69, 9.17) is 18.0 Å². The predicted octanol–water partition coefficient (Wildman–Crippen LogP) is 1.37. The summed E-state index contributed by atoms with van der Waals surface area (Å²) in [4.78, 5) is 0.182. The fraction of sp³-hybridized carbons (Fsp3) is 0.364. The van der Waals surface area contributed by atoms with E-state index in [0.29, 0.717) is 18.8 Å². The maximum Gasteiger partial charge on any atom is 0.245 e. The van der Waals surface area contributed by atoms with Crippen LogP contribution in [-0.2, 0) is 10.0 Å². The molecule has 3 N–H and O–H groups in total. The van der Waals surface area contributed by atoms with E-state index in [-0.39, 0.29) is 10.0 Å². The Kier molecular flexibility index (Phi) is 5.06. The third-order valence-corrected chi connectivity index (χ3v) is 4.68. The standard InChI is InChI=1S/C11H17N3O2S2/c1-3-14(4-2)18(15,16)10-8-6-5-7-9(10)13-11(12)17/h5-8H,3-4H2,1-2H3,(H3,12,13,17). The average Bonchev–Trinajstić information content (AvgIpc) is 2.30. The smallest absolute Gasteiger partial charge is 0.245 e. The number of nitrogens with one attached hydrogen (secondary N) is 1. The molecule has 0 aromatic heterocycles. The summed E-state index contributed by atoms with van der Waals surface area (Å²) < 4.78 is 26.2. The first-order chi connectivity index (χ1) is 8.43. The summed E-state index contributed by atoms with van der Waals surface area (Å²) in [6, 6.07) is 6.56. The van der Waals surface area contributed by atoms with Crippen molar-refractivity contribution in [3.05, 3.63) is 24.3 Å². The van der Waals surface area contributed by atoms with Gasteiger partial charge in [0.1, 0.15) is 4.90 Å². The Bertz CT molecular complexity index is 525. The van der Waals surface area contributed by atoms with E-state index in [0.717, 1.165) is 0 Å². The van der Waals surface area contributed by atoms with Crippen molar-refractivity contribution in [1.29, 1.82) is 0 Å². The Morgan fingerprint density at radius 2 is 1.89 bits per heavy atom. The van der Waals surface area contributed by atoms with Gasteiger partial charge in [0, 0.05) is 13.1 Å². The summed E-state index contributed by atoms with van der Waals surface area (Å²) in [5.41, 5.74) is 5.79. The number of hydrogen-bond donors (Lipinski definition) is 2. The van der Waals surface area contributed by atoms with Crippen molar-refractivity contribution in [2.75, 3.05) is 18.4 Å². The largest absolute Gasteiger partial charge is 0.376 e. The van der Waals surface area contributed by atoms with Crippen LogP contribution in [0.15, 0.2) is 29.2 Å². The van der Waals surface area contributed by atoms with Crippen LogP contribution >= 0.6 is 12.2 Å². The van der Waals surface area contributed by atoms with E-state index in [9.17, 15) is 8.42 Å². The quantitative estimate of drug-likeness (QED) is 0.800. The molecule has 5 nitrogen and oxygen atoms in total. The van der Waals surface area contributed by atoms with Crippen molar-refractivity contribution in [1.82, 2.24) is 4.31 Å². The molecule has 0 saturated heterocycles. The molecule has 7 heteroatoms. The van der Waals surface area contributed by atoms with Gasteiger partial charge < -0.3 is 11.1 Å². The van der Waals surface area contributed by atoms with Gasteiger partial charge in [-0.25, -0.2) is 8.42 Å². The Balaban J connectivity index is 3.27. The maximum absolute atomic E-state index is 12.4. The van der Waals surface area contributed by atoms with Gasteiger partial charge in [-0.3, -0.25) is 0 Å². The molecule has 0 bridgehead atoms. The number of nitrogens with zero attached hydrogens (tertiary/aromatic N) is 1. The summed E-state index contributed by atoms with van der Waals surface area (Å²) in [5.74, 6) is 0. The van der Waals surface area contributed by atoms with Gasteiger partial charge in [0.2, 0.25) is 10.0 Å². The lowest BCUT2D eigenvalue weighted by Crippen LogP contribution is -2.31. The molecular weight excluding hydrogens is 270 g/mol. The second-order valence-electron chi connectivity index (χ2n) is 3.57. The van der Waals surface area contributed by atoms with E-state index in [1.165, 1.54) is 10.4 Å². The lowest BCUT2D eigenvalue weighted by Gasteiger charge is -2.20. The second kappa shape index (κ2) is 6.12. The third-order valence-electron chi connectivity index (χ3n) is 2.47. The van der Waals surface area contributed by atoms with Crippen LogP contribution in [0.4, 0.5) is 5.69 Å². The normalized spacial score (nSPS) is 11.5. The molecule has 1 rings (SSSR count). The van der Waals surface area contributed by atoms with Crippen LogP contribution in [0.2, 0.25) is 0 Å². The van der Waals surface area contributed by atoms with Crippen molar-refractivity contribution in [3.8, 4) is 0 Å². The molecule has 0 aliphatic heterocycles. The SMILES string of the molecule is CCN(CC)S(=O)(=O)c1ccccc1NC(N)=S. The number of benzene rings is 1. The molecule has 0 fully saturated rings. The lowest BCUT2D eigenvalue weighted by atomic mass is 10.3. The monoisotopic (exact) mass is 287 g/mol. The molecule has 0 radical (unpaired) electrons. The molecule has 0 unspecified atom stereocenters. The first kappa shape index (κ1) is 14.9. The van der Waals surface area contributed by atoms with Gasteiger partial charge in [0.25, 0.3) is 0 Å². The highest BCUT2D eigenvalue weighted by molar-refractivity contribution is 7.89. The molecule has 18 heavy (non-hydrogen) atoms. The first-order valence-electron chi connectivity index (χ1n) is 5.59. The van der Waals surface area contributed by atoms with Crippen molar-refractivity contribution in [2.24, 2.45) is 5.73 Å². The maximum atomic E-state index is 12.4. The Morgan fingerprint density at radius 1 is 1.33 bits per heavy atom. The van der Waals surface area contributed by atoms with E-state index < -0.39 is 10.0 Å². The van der Waals surface area contributed by atoms with Gasteiger partial charge in [-0.2, -0.15) is 4.31 Å². The highest BCUT2D eigenvalue weighted by Gasteiger charge is 2.24. The summed E-state index contributed by atoms with van der Waals surface area (Å²) in [6.45, 7) is 4.43. The van der Waals surface area contributed by atoms with E-state index in [2.05, 4.69) is 5.32 Å². The molecule has 0 aliphatic carbocycles. The fourth-order valence-corrected chi connectivity index (χ4v) is 3.35. The minimum atomic E-state index is -3.52. The zero-order valence-electron chi connectivity index (χ0n) is 10.4. The van der Waals surface area contributed by atoms with Crippen LogP contribution in [0.25, 0.3) is 0 Å². The Hall–Kier alpha value is -1.18. The molecular formula is C11H17N3O2S2. The number of rotatable bonds is 5. The molecule has 0 amide bonds. The zero-order chi connectivity index (χ0) is 13.8. The van der Waals surface area contributed by atoms with Crippen LogP contribution in [0.5, 0.6) is 0 Å². The second-order valence-corrected chi connectivity index (χ2v) is 5.92. The molecule has 0 atom stereocenters. The average molecular weight is 287 g/mol. The van der Waals surface area contributed by atoms with Crippen LogP contribution in [0.1, 0.15) is 13.8 Å². The Labute approximate surface area is 113 Å². The van der Waals surface area contributed by atoms with Crippen molar-refractivity contribution in [2.45, 2.75) is 18.7 Å². The number of hydrogen-bond acceptors (Lipinski definition) is 3. The molecule has 0 spiro atoms. The van der Waals surface area contributed by atoms with Crippen LogP contribution in [0, 0.1) is 0 Å². The molecule has 0 aliphatic rings. The molecule has 1 aromatic rings. The topological polar surface area (TPSA) is 75.4 Å². The number of thiocarbonyl (C=S) groups is 1. The highest BCUT2D eigenvalue weighted by Crippen LogP contribution is 2.24. The fourth-order valence-electron chi connectivity index (χ4n) is 1.63.